The van der Waals surface area contributed by atoms with Gasteiger partial charge in [-0.15, -0.1) is 0 Å². The molecule has 0 atom stereocenters. The van der Waals surface area contributed by atoms with Crippen molar-refractivity contribution < 1.29 is 13.5 Å². The molecule has 0 amide bonds. The zero-order valence-corrected chi connectivity index (χ0v) is 12.3. The first-order valence-corrected chi connectivity index (χ1v) is 8.14. The molecule has 0 unspecified atom stereocenters. The lowest BCUT2D eigenvalue weighted by molar-refractivity contribution is 0.282. The number of nitrogen functional groups attached to an aromatic ring is 1. The van der Waals surface area contributed by atoms with Crippen LogP contribution < -0.4 is 10.5 Å². The van der Waals surface area contributed by atoms with Gasteiger partial charge in [-0.3, -0.25) is 0 Å². The summed E-state index contributed by atoms with van der Waals surface area (Å²) in [6, 6.07) is 13.9. The second-order valence-electron chi connectivity index (χ2n) is 4.80. The minimum absolute atomic E-state index is 0.0247. The van der Waals surface area contributed by atoms with Crippen molar-refractivity contribution >= 4 is 15.7 Å². The fourth-order valence-electron chi connectivity index (χ4n) is 1.84. The maximum Gasteiger partial charge on any atom is 0.216 e. The van der Waals surface area contributed by atoms with Gasteiger partial charge in [0.05, 0.1) is 12.4 Å². The quantitative estimate of drug-likeness (QED) is 0.703. The molecule has 2 rings (SSSR count). The largest absolute Gasteiger partial charge is 0.399 e. The molecule has 5 nitrogen and oxygen atoms in total. The van der Waals surface area contributed by atoms with Gasteiger partial charge in [0.1, 0.15) is 0 Å². The Bertz CT molecular complexity index is 680. The molecule has 2 aromatic rings. The molecule has 112 valence electrons. The summed E-state index contributed by atoms with van der Waals surface area (Å²) in [7, 11) is -3.40. The van der Waals surface area contributed by atoms with E-state index in [0.717, 1.165) is 11.1 Å². The number of aliphatic hydroxyl groups is 1. The predicted molar refractivity (Wildman–Crippen MR) is 82.7 cm³/mol. The van der Waals surface area contributed by atoms with Gasteiger partial charge >= 0.3 is 0 Å². The zero-order chi connectivity index (χ0) is 15.3. The Morgan fingerprint density at radius 2 is 1.43 bits per heavy atom. The first kappa shape index (κ1) is 15.5. The Kier molecular flexibility index (Phi) is 4.95. The molecular formula is C15H18N2O3S. The molecule has 0 aliphatic carbocycles. The van der Waals surface area contributed by atoms with Crippen LogP contribution in [-0.2, 0) is 28.9 Å². The maximum atomic E-state index is 12.0. The van der Waals surface area contributed by atoms with Crippen molar-refractivity contribution in [1.82, 2.24) is 4.72 Å². The summed E-state index contributed by atoms with van der Waals surface area (Å²) in [4.78, 5) is 0. The smallest absolute Gasteiger partial charge is 0.216 e. The van der Waals surface area contributed by atoms with Gasteiger partial charge in [-0.2, -0.15) is 0 Å². The van der Waals surface area contributed by atoms with Crippen LogP contribution in [0.2, 0.25) is 0 Å². The van der Waals surface area contributed by atoms with E-state index in [1.54, 1.807) is 48.5 Å². The number of benzene rings is 2. The first-order valence-electron chi connectivity index (χ1n) is 6.49. The van der Waals surface area contributed by atoms with Crippen LogP contribution in [0.3, 0.4) is 0 Å². The van der Waals surface area contributed by atoms with E-state index in [1.165, 1.54) is 0 Å². The number of anilines is 1. The third-order valence-electron chi connectivity index (χ3n) is 3.04. The molecule has 0 aliphatic heterocycles. The summed E-state index contributed by atoms with van der Waals surface area (Å²) < 4.78 is 26.6. The van der Waals surface area contributed by atoms with E-state index in [9.17, 15) is 8.42 Å². The van der Waals surface area contributed by atoms with Crippen molar-refractivity contribution in [3.8, 4) is 0 Å². The minimum Gasteiger partial charge on any atom is -0.399 e. The van der Waals surface area contributed by atoms with Crippen molar-refractivity contribution in [2.45, 2.75) is 18.9 Å². The summed E-state index contributed by atoms with van der Waals surface area (Å²) in [5, 5.41) is 8.95. The summed E-state index contributed by atoms with van der Waals surface area (Å²) in [5.74, 6) is -0.0813. The molecule has 0 heterocycles. The zero-order valence-electron chi connectivity index (χ0n) is 11.5. The summed E-state index contributed by atoms with van der Waals surface area (Å²) in [6.45, 7) is 0.201. The average Bonchev–Trinajstić information content (AvgIpc) is 2.48. The van der Waals surface area contributed by atoms with Gasteiger partial charge in [0.15, 0.2) is 0 Å². The molecule has 0 aliphatic rings. The van der Waals surface area contributed by atoms with Gasteiger partial charge in [0, 0.05) is 12.2 Å². The van der Waals surface area contributed by atoms with Gasteiger partial charge < -0.3 is 10.8 Å². The highest BCUT2D eigenvalue weighted by atomic mass is 32.2. The molecule has 0 spiro atoms. The standard InChI is InChI=1S/C15H18N2O3S/c16-15-7-5-14(6-8-15)11-21(19,20)17-9-12-1-3-13(10-18)4-2-12/h1-8,17-18H,9-11,16H2. The molecule has 0 radical (unpaired) electrons. The van der Waals surface area contributed by atoms with Crippen molar-refractivity contribution in [1.29, 1.82) is 0 Å². The highest BCUT2D eigenvalue weighted by Gasteiger charge is 2.11. The number of nitrogens with one attached hydrogen (secondary N) is 1. The van der Waals surface area contributed by atoms with E-state index in [0.29, 0.717) is 11.3 Å². The topological polar surface area (TPSA) is 92.4 Å². The lowest BCUT2D eigenvalue weighted by Gasteiger charge is -2.08. The van der Waals surface area contributed by atoms with Crippen molar-refractivity contribution in [2.75, 3.05) is 5.73 Å². The molecule has 0 aromatic heterocycles. The maximum absolute atomic E-state index is 12.0. The van der Waals surface area contributed by atoms with Crippen LogP contribution in [0.4, 0.5) is 5.69 Å². The Labute approximate surface area is 124 Å². The Morgan fingerprint density at radius 3 is 2.00 bits per heavy atom. The van der Waals surface area contributed by atoms with Gasteiger partial charge in [-0.1, -0.05) is 36.4 Å². The second-order valence-corrected chi connectivity index (χ2v) is 6.60. The highest BCUT2D eigenvalue weighted by molar-refractivity contribution is 7.88. The fraction of sp³-hybridized carbons (Fsp3) is 0.200. The molecule has 0 saturated carbocycles. The van der Waals surface area contributed by atoms with Crippen LogP contribution in [0.15, 0.2) is 48.5 Å². The number of hydrogen-bond donors (Lipinski definition) is 3. The molecule has 0 fully saturated rings. The Hall–Kier alpha value is -1.89. The van der Waals surface area contributed by atoms with Crippen molar-refractivity contribution in [3.63, 3.8) is 0 Å². The molecule has 0 bridgehead atoms. The monoisotopic (exact) mass is 306 g/mol. The number of rotatable bonds is 6. The molecule has 6 heteroatoms. The van der Waals surface area contributed by atoms with Crippen LogP contribution in [0.25, 0.3) is 0 Å². The summed E-state index contributed by atoms with van der Waals surface area (Å²) in [5.41, 5.74) is 8.49. The van der Waals surface area contributed by atoms with Crippen LogP contribution in [0.1, 0.15) is 16.7 Å². The van der Waals surface area contributed by atoms with Crippen LogP contribution >= 0.6 is 0 Å². The molecule has 4 N–H and O–H groups in total. The lowest BCUT2D eigenvalue weighted by Crippen LogP contribution is -2.24. The second kappa shape index (κ2) is 6.71. The number of aliphatic hydroxyl groups excluding tert-OH is 1. The van der Waals surface area contributed by atoms with E-state index in [2.05, 4.69) is 4.72 Å². The normalized spacial score (nSPS) is 11.5. The summed E-state index contributed by atoms with van der Waals surface area (Å²) in [6.07, 6.45) is 0. The average molecular weight is 306 g/mol. The third-order valence-corrected chi connectivity index (χ3v) is 4.34. The fourth-order valence-corrected chi connectivity index (χ4v) is 2.96. The van der Waals surface area contributed by atoms with Crippen LogP contribution in [0.5, 0.6) is 0 Å². The predicted octanol–water partition coefficient (Wildman–Crippen LogP) is 1.38. The molecule has 21 heavy (non-hydrogen) atoms. The number of nitrogens with two attached hydrogens (primary N) is 1. The lowest BCUT2D eigenvalue weighted by atomic mass is 10.1. The van der Waals surface area contributed by atoms with Gasteiger partial charge in [-0.25, -0.2) is 13.1 Å². The molecule has 2 aromatic carbocycles. The van der Waals surface area contributed by atoms with Crippen LogP contribution in [0, 0.1) is 0 Å². The first-order chi connectivity index (χ1) is 9.98. The third kappa shape index (κ3) is 4.86. The van der Waals surface area contributed by atoms with E-state index >= 15 is 0 Å². The number of hydrogen-bond acceptors (Lipinski definition) is 4. The van der Waals surface area contributed by atoms with Crippen molar-refractivity contribution in [2.24, 2.45) is 0 Å². The van der Waals surface area contributed by atoms with Gasteiger partial charge in [-0.05, 0) is 28.8 Å². The number of sulfonamides is 1. The molecule has 0 saturated heterocycles. The van der Waals surface area contributed by atoms with Gasteiger partial charge in [0.25, 0.3) is 0 Å². The summed E-state index contributed by atoms with van der Waals surface area (Å²) >= 11 is 0. The van der Waals surface area contributed by atoms with E-state index in [-0.39, 0.29) is 18.9 Å². The van der Waals surface area contributed by atoms with E-state index in [1.807, 2.05) is 0 Å². The minimum atomic E-state index is -3.40. The Balaban J connectivity index is 1.95. The van der Waals surface area contributed by atoms with E-state index in [4.69, 9.17) is 10.8 Å². The van der Waals surface area contributed by atoms with Gasteiger partial charge in [0.2, 0.25) is 10.0 Å². The van der Waals surface area contributed by atoms with Crippen LogP contribution in [-0.4, -0.2) is 13.5 Å². The Morgan fingerprint density at radius 1 is 0.905 bits per heavy atom. The van der Waals surface area contributed by atoms with E-state index < -0.39 is 10.0 Å². The van der Waals surface area contributed by atoms with Crippen molar-refractivity contribution in [3.05, 3.63) is 65.2 Å². The highest BCUT2D eigenvalue weighted by Crippen LogP contribution is 2.10. The molecular weight excluding hydrogens is 288 g/mol. The SMILES string of the molecule is Nc1ccc(CS(=O)(=O)NCc2ccc(CO)cc2)cc1.